The van der Waals surface area contributed by atoms with Gasteiger partial charge < -0.3 is 0 Å². The third-order valence-electron chi connectivity index (χ3n) is 2.56. The average molecular weight is 285 g/mol. The third kappa shape index (κ3) is 3.84. The predicted molar refractivity (Wildman–Crippen MR) is 61.0 cm³/mol. The van der Waals surface area contributed by atoms with Crippen LogP contribution in [0.5, 0.6) is 0 Å². The molecule has 1 unspecified atom stereocenters. The Hall–Kier alpha value is 0.350. The number of sulfonamides is 1. The highest BCUT2D eigenvalue weighted by Gasteiger charge is 2.29. The van der Waals surface area contributed by atoms with Gasteiger partial charge >= 0.3 is 0 Å². The zero-order valence-corrected chi connectivity index (χ0v) is 10.9. The largest absolute Gasteiger partial charge is 0.299 e. The first kappa shape index (κ1) is 12.4. The molecule has 0 aromatic heterocycles. The minimum absolute atomic E-state index is 0.0279. The standard InChI is InChI=1S/C8H17BrN2O2S/c1-7(11(2)8-3-4-8)5-10-14(12,13)6-9/h7-8,10H,3-6H2,1-2H3. The molecule has 1 atom stereocenters. The maximum Gasteiger partial charge on any atom is 0.221 e. The quantitative estimate of drug-likeness (QED) is 0.732. The van der Waals surface area contributed by atoms with E-state index in [4.69, 9.17) is 0 Å². The van der Waals surface area contributed by atoms with Crippen molar-refractivity contribution in [3.8, 4) is 0 Å². The van der Waals surface area contributed by atoms with E-state index >= 15 is 0 Å². The second-order valence-corrected chi connectivity index (χ2v) is 6.93. The lowest BCUT2D eigenvalue weighted by atomic mass is 10.3. The Morgan fingerprint density at radius 1 is 1.57 bits per heavy atom. The molecule has 1 rings (SSSR count). The van der Waals surface area contributed by atoms with Gasteiger partial charge in [-0.15, -0.1) is 0 Å². The van der Waals surface area contributed by atoms with E-state index in [0.29, 0.717) is 12.6 Å². The molecule has 6 heteroatoms. The van der Waals surface area contributed by atoms with Gasteiger partial charge in [-0.3, -0.25) is 4.90 Å². The molecule has 0 aliphatic heterocycles. The summed E-state index contributed by atoms with van der Waals surface area (Å²) in [6, 6.07) is 0.926. The van der Waals surface area contributed by atoms with Crippen LogP contribution in [0, 0.1) is 0 Å². The molecule has 0 heterocycles. The fraction of sp³-hybridized carbons (Fsp3) is 1.00. The highest BCUT2D eigenvalue weighted by molar-refractivity contribution is 9.10. The smallest absolute Gasteiger partial charge is 0.221 e. The molecule has 1 aliphatic rings. The van der Waals surface area contributed by atoms with E-state index in [2.05, 4.69) is 25.6 Å². The Labute approximate surface area is 94.2 Å². The van der Waals surface area contributed by atoms with Crippen molar-refractivity contribution in [3.63, 3.8) is 0 Å². The Kier molecular flexibility index (Phi) is 4.36. The van der Waals surface area contributed by atoms with Crippen molar-refractivity contribution in [1.29, 1.82) is 0 Å². The number of alkyl halides is 1. The molecule has 0 aromatic carbocycles. The number of nitrogens with zero attached hydrogens (tertiary/aromatic N) is 1. The summed E-state index contributed by atoms with van der Waals surface area (Å²) in [4.78, 5) is 2.23. The predicted octanol–water partition coefficient (Wildman–Crippen LogP) is 0.741. The van der Waals surface area contributed by atoms with Crippen LogP contribution in [0.15, 0.2) is 0 Å². The van der Waals surface area contributed by atoms with Crippen LogP contribution >= 0.6 is 15.9 Å². The number of nitrogens with one attached hydrogen (secondary N) is 1. The van der Waals surface area contributed by atoms with Gasteiger partial charge in [0.1, 0.15) is 4.66 Å². The highest BCUT2D eigenvalue weighted by Crippen LogP contribution is 2.26. The van der Waals surface area contributed by atoms with E-state index in [1.807, 2.05) is 14.0 Å². The first-order chi connectivity index (χ1) is 6.46. The van der Waals surface area contributed by atoms with Crippen molar-refractivity contribution in [2.45, 2.75) is 31.8 Å². The second-order valence-electron chi connectivity index (χ2n) is 3.82. The second kappa shape index (κ2) is 4.92. The molecule has 0 aromatic rings. The van der Waals surface area contributed by atoms with Crippen molar-refractivity contribution in [1.82, 2.24) is 9.62 Å². The summed E-state index contributed by atoms with van der Waals surface area (Å²) < 4.78 is 24.8. The lowest BCUT2D eigenvalue weighted by Crippen LogP contribution is -2.41. The number of halogens is 1. The molecule has 1 aliphatic carbocycles. The third-order valence-corrected chi connectivity index (χ3v) is 5.26. The first-order valence-electron chi connectivity index (χ1n) is 4.71. The van der Waals surface area contributed by atoms with Crippen LogP contribution in [0.2, 0.25) is 0 Å². The van der Waals surface area contributed by atoms with E-state index in [-0.39, 0.29) is 10.7 Å². The topological polar surface area (TPSA) is 49.4 Å². The van der Waals surface area contributed by atoms with E-state index in [1.54, 1.807) is 0 Å². The lowest BCUT2D eigenvalue weighted by Gasteiger charge is -2.24. The van der Waals surface area contributed by atoms with Gasteiger partial charge in [-0.05, 0) is 26.8 Å². The van der Waals surface area contributed by atoms with Gasteiger partial charge in [0.2, 0.25) is 10.0 Å². The van der Waals surface area contributed by atoms with Gasteiger partial charge in [0.25, 0.3) is 0 Å². The normalized spacial score (nSPS) is 20.0. The summed E-state index contributed by atoms with van der Waals surface area (Å²) in [5.74, 6) is 0. The van der Waals surface area contributed by atoms with Gasteiger partial charge in [-0.1, -0.05) is 15.9 Å². The van der Waals surface area contributed by atoms with Gasteiger partial charge in [0.05, 0.1) is 0 Å². The summed E-state index contributed by atoms with van der Waals surface area (Å²) in [6.45, 7) is 2.52. The number of hydrogen-bond donors (Lipinski definition) is 1. The molecule has 0 bridgehead atoms. The summed E-state index contributed by atoms with van der Waals surface area (Å²) in [6.07, 6.45) is 2.48. The van der Waals surface area contributed by atoms with Crippen LogP contribution in [0.1, 0.15) is 19.8 Å². The first-order valence-corrected chi connectivity index (χ1v) is 7.49. The Morgan fingerprint density at radius 3 is 2.57 bits per heavy atom. The van der Waals surface area contributed by atoms with Crippen molar-refractivity contribution in [2.24, 2.45) is 0 Å². The molecule has 1 fully saturated rings. The SMILES string of the molecule is CC(CNS(=O)(=O)CBr)N(C)C1CC1. The van der Waals surface area contributed by atoms with E-state index in [1.165, 1.54) is 12.8 Å². The Morgan fingerprint density at radius 2 is 2.14 bits per heavy atom. The van der Waals surface area contributed by atoms with Crippen LogP contribution in [0.3, 0.4) is 0 Å². The maximum atomic E-state index is 11.1. The van der Waals surface area contributed by atoms with Crippen LogP contribution < -0.4 is 4.72 Å². The van der Waals surface area contributed by atoms with Gasteiger partial charge in [0, 0.05) is 18.6 Å². The molecule has 14 heavy (non-hydrogen) atoms. The summed E-state index contributed by atoms with van der Waals surface area (Å²) in [5, 5.41) is 0. The highest BCUT2D eigenvalue weighted by atomic mass is 79.9. The van der Waals surface area contributed by atoms with Gasteiger partial charge in [-0.2, -0.15) is 0 Å². The number of likely N-dealkylation sites (N-methyl/N-ethyl adjacent to an activating group) is 1. The Balaban J connectivity index is 2.30. The molecule has 1 N–H and O–H groups in total. The molecule has 84 valence electrons. The molecule has 0 saturated heterocycles. The van der Waals surface area contributed by atoms with Crippen molar-refractivity contribution < 1.29 is 8.42 Å². The van der Waals surface area contributed by atoms with Crippen molar-refractivity contribution >= 4 is 26.0 Å². The lowest BCUT2D eigenvalue weighted by molar-refractivity contribution is 0.248. The van der Waals surface area contributed by atoms with Crippen LogP contribution in [0.25, 0.3) is 0 Å². The monoisotopic (exact) mass is 284 g/mol. The van der Waals surface area contributed by atoms with Crippen LogP contribution in [0.4, 0.5) is 0 Å². The van der Waals surface area contributed by atoms with E-state index < -0.39 is 10.0 Å². The van der Waals surface area contributed by atoms with Crippen molar-refractivity contribution in [2.75, 3.05) is 18.3 Å². The number of hydrogen-bond acceptors (Lipinski definition) is 3. The molecule has 0 amide bonds. The molecular formula is C8H17BrN2O2S. The molecular weight excluding hydrogens is 268 g/mol. The van der Waals surface area contributed by atoms with Crippen LogP contribution in [-0.4, -0.2) is 43.7 Å². The molecule has 1 saturated carbocycles. The molecule has 0 radical (unpaired) electrons. The zero-order chi connectivity index (χ0) is 10.8. The fourth-order valence-corrected chi connectivity index (χ4v) is 2.33. The fourth-order valence-electron chi connectivity index (χ4n) is 1.27. The van der Waals surface area contributed by atoms with Crippen molar-refractivity contribution in [3.05, 3.63) is 0 Å². The zero-order valence-electron chi connectivity index (χ0n) is 8.53. The Bertz CT molecular complexity index is 277. The summed E-state index contributed by atoms with van der Waals surface area (Å²) in [7, 11) is -1.07. The maximum absolute atomic E-state index is 11.1. The average Bonchev–Trinajstić information content (AvgIpc) is 2.96. The summed E-state index contributed by atoms with van der Waals surface area (Å²) in [5.41, 5.74) is 0. The molecule has 4 nitrogen and oxygen atoms in total. The van der Waals surface area contributed by atoms with E-state index in [9.17, 15) is 8.42 Å². The number of rotatable bonds is 6. The summed E-state index contributed by atoms with van der Waals surface area (Å²) >= 11 is 2.94. The minimum atomic E-state index is -3.11. The van der Waals surface area contributed by atoms with Crippen LogP contribution in [-0.2, 0) is 10.0 Å². The van der Waals surface area contributed by atoms with Gasteiger partial charge in [-0.25, -0.2) is 13.1 Å². The van der Waals surface area contributed by atoms with E-state index in [0.717, 1.165) is 0 Å². The minimum Gasteiger partial charge on any atom is -0.299 e. The van der Waals surface area contributed by atoms with Gasteiger partial charge in [0.15, 0.2) is 0 Å². The molecule has 0 spiro atoms.